The predicted octanol–water partition coefficient (Wildman–Crippen LogP) is 4.23. The van der Waals surface area contributed by atoms with Crippen LogP contribution in [0.3, 0.4) is 0 Å². The molecule has 6 heteroatoms. The van der Waals surface area contributed by atoms with E-state index in [4.69, 9.17) is 4.52 Å². The molecule has 0 unspecified atom stereocenters. The van der Waals surface area contributed by atoms with Crippen molar-refractivity contribution in [2.75, 3.05) is 0 Å². The maximum Gasteiger partial charge on any atom is 0.251 e. The number of carbonyl (C=O) groups excluding carboxylic acids is 1. The molecule has 0 saturated carbocycles. The van der Waals surface area contributed by atoms with Crippen LogP contribution in [0.1, 0.15) is 35.7 Å². The molecule has 2 aromatic carbocycles. The maximum absolute atomic E-state index is 12.1. The zero-order chi connectivity index (χ0) is 17.8. The number of halogens is 1. The number of nitrogens with zero attached hydrogens (tertiary/aromatic N) is 2. The number of benzene rings is 2. The molecule has 0 radical (unpaired) electrons. The fraction of sp³-hybridized carbons (Fsp3) is 0.211. The van der Waals surface area contributed by atoms with Gasteiger partial charge in [0.15, 0.2) is 0 Å². The lowest BCUT2D eigenvalue weighted by molar-refractivity contribution is 0.0943. The third-order valence-corrected chi connectivity index (χ3v) is 4.34. The van der Waals surface area contributed by atoms with Gasteiger partial charge >= 0.3 is 0 Å². The van der Waals surface area contributed by atoms with Crippen LogP contribution in [0, 0.1) is 0 Å². The van der Waals surface area contributed by atoms with Crippen molar-refractivity contribution >= 4 is 21.8 Å². The molecule has 3 rings (SSSR count). The monoisotopic (exact) mass is 399 g/mol. The first-order valence-corrected chi connectivity index (χ1v) is 8.79. The Bertz CT molecular complexity index is 890. The van der Waals surface area contributed by atoms with Gasteiger partial charge in [0, 0.05) is 21.6 Å². The van der Waals surface area contributed by atoms with E-state index in [0.29, 0.717) is 23.7 Å². The van der Waals surface area contributed by atoms with Crippen LogP contribution in [-0.2, 0) is 6.42 Å². The summed E-state index contributed by atoms with van der Waals surface area (Å²) in [6.45, 7) is 3.85. The summed E-state index contributed by atoms with van der Waals surface area (Å²) in [5, 5.41) is 6.91. The van der Waals surface area contributed by atoms with Gasteiger partial charge in [0.25, 0.3) is 5.91 Å². The van der Waals surface area contributed by atoms with Gasteiger partial charge in [-0.25, -0.2) is 0 Å². The van der Waals surface area contributed by atoms with Gasteiger partial charge in [-0.05, 0) is 37.6 Å². The molecule has 0 fully saturated rings. The van der Waals surface area contributed by atoms with E-state index in [1.165, 1.54) is 0 Å². The zero-order valence-electron chi connectivity index (χ0n) is 14.0. The third kappa shape index (κ3) is 4.33. The quantitative estimate of drug-likeness (QED) is 0.696. The lowest BCUT2D eigenvalue weighted by atomic mass is 10.1. The minimum absolute atomic E-state index is 0.0808. The minimum atomic E-state index is -0.117. The highest BCUT2D eigenvalue weighted by Crippen LogP contribution is 2.21. The average molecular weight is 400 g/mol. The molecule has 0 atom stereocenters. The van der Waals surface area contributed by atoms with Gasteiger partial charge in [0.1, 0.15) is 0 Å². The molecule has 0 saturated heterocycles. The van der Waals surface area contributed by atoms with E-state index in [1.54, 1.807) is 12.1 Å². The first-order chi connectivity index (χ1) is 12.0. The molecule has 0 aliphatic rings. The summed E-state index contributed by atoms with van der Waals surface area (Å²) < 4.78 is 6.36. The largest absolute Gasteiger partial charge is 0.350 e. The van der Waals surface area contributed by atoms with E-state index >= 15 is 0 Å². The normalized spacial score (nSPS) is 10.9. The van der Waals surface area contributed by atoms with Crippen LogP contribution in [0.5, 0.6) is 0 Å². The van der Waals surface area contributed by atoms with Gasteiger partial charge in [-0.3, -0.25) is 4.79 Å². The second kappa shape index (κ2) is 7.61. The van der Waals surface area contributed by atoms with Crippen molar-refractivity contribution < 1.29 is 9.32 Å². The SMILES string of the molecule is CC(C)NC(=O)c1cccc(-c2noc(Cc3ccccc3Br)n2)c1. The van der Waals surface area contributed by atoms with E-state index in [9.17, 15) is 4.79 Å². The lowest BCUT2D eigenvalue weighted by Gasteiger charge is -2.08. The molecular weight excluding hydrogens is 382 g/mol. The molecule has 1 heterocycles. The molecule has 0 aliphatic carbocycles. The first kappa shape index (κ1) is 17.4. The molecule has 25 heavy (non-hydrogen) atoms. The highest BCUT2D eigenvalue weighted by atomic mass is 79.9. The van der Waals surface area contributed by atoms with Gasteiger partial charge in [0.05, 0.1) is 6.42 Å². The van der Waals surface area contributed by atoms with Crippen molar-refractivity contribution in [3.63, 3.8) is 0 Å². The molecule has 3 aromatic rings. The van der Waals surface area contributed by atoms with E-state index < -0.39 is 0 Å². The molecule has 1 aromatic heterocycles. The summed E-state index contributed by atoms with van der Waals surface area (Å²) in [5.41, 5.74) is 2.39. The predicted molar refractivity (Wildman–Crippen MR) is 99.3 cm³/mol. The van der Waals surface area contributed by atoms with Crippen LogP contribution in [0.25, 0.3) is 11.4 Å². The fourth-order valence-corrected chi connectivity index (χ4v) is 2.82. The van der Waals surface area contributed by atoms with E-state index in [-0.39, 0.29) is 11.9 Å². The zero-order valence-corrected chi connectivity index (χ0v) is 15.6. The Hall–Kier alpha value is -2.47. The van der Waals surface area contributed by atoms with Crippen molar-refractivity contribution in [2.24, 2.45) is 0 Å². The minimum Gasteiger partial charge on any atom is -0.350 e. The number of hydrogen-bond donors (Lipinski definition) is 1. The van der Waals surface area contributed by atoms with Crippen LogP contribution in [0.15, 0.2) is 57.5 Å². The molecule has 0 aliphatic heterocycles. The van der Waals surface area contributed by atoms with Crippen molar-refractivity contribution in [3.8, 4) is 11.4 Å². The van der Waals surface area contributed by atoms with Gasteiger partial charge in [-0.2, -0.15) is 4.98 Å². The molecule has 128 valence electrons. The summed E-state index contributed by atoms with van der Waals surface area (Å²) in [7, 11) is 0. The van der Waals surface area contributed by atoms with Crippen molar-refractivity contribution in [1.29, 1.82) is 0 Å². The second-order valence-corrected chi connectivity index (χ2v) is 6.84. The summed E-state index contributed by atoms with van der Waals surface area (Å²) in [5.74, 6) is 0.883. The van der Waals surface area contributed by atoms with Crippen molar-refractivity contribution in [1.82, 2.24) is 15.5 Å². The standard InChI is InChI=1S/C19H18BrN3O2/c1-12(2)21-19(24)15-8-5-7-14(10-15)18-22-17(25-23-18)11-13-6-3-4-9-16(13)20/h3-10,12H,11H2,1-2H3,(H,21,24). The summed E-state index contributed by atoms with van der Waals surface area (Å²) in [4.78, 5) is 16.6. The Labute approximate surface area is 154 Å². The van der Waals surface area contributed by atoms with Crippen LogP contribution >= 0.6 is 15.9 Å². The molecule has 0 bridgehead atoms. The van der Waals surface area contributed by atoms with Crippen LogP contribution < -0.4 is 5.32 Å². The Morgan fingerprint density at radius 3 is 2.76 bits per heavy atom. The summed E-state index contributed by atoms with van der Waals surface area (Å²) in [6.07, 6.45) is 0.544. The summed E-state index contributed by atoms with van der Waals surface area (Å²) >= 11 is 3.52. The molecule has 5 nitrogen and oxygen atoms in total. The number of aromatic nitrogens is 2. The molecule has 1 N–H and O–H groups in total. The topological polar surface area (TPSA) is 68.0 Å². The van der Waals surface area contributed by atoms with E-state index in [2.05, 4.69) is 31.4 Å². The highest BCUT2D eigenvalue weighted by molar-refractivity contribution is 9.10. The second-order valence-electron chi connectivity index (χ2n) is 5.99. The van der Waals surface area contributed by atoms with Crippen LogP contribution in [0.2, 0.25) is 0 Å². The Morgan fingerprint density at radius 2 is 2.00 bits per heavy atom. The number of nitrogens with one attached hydrogen (secondary N) is 1. The van der Waals surface area contributed by atoms with Crippen molar-refractivity contribution in [3.05, 3.63) is 70.0 Å². The summed E-state index contributed by atoms with van der Waals surface area (Å²) in [6, 6.07) is 15.2. The Morgan fingerprint density at radius 1 is 1.20 bits per heavy atom. The molecular formula is C19H18BrN3O2. The first-order valence-electron chi connectivity index (χ1n) is 8.00. The van der Waals surface area contributed by atoms with E-state index in [0.717, 1.165) is 15.6 Å². The van der Waals surface area contributed by atoms with Gasteiger partial charge < -0.3 is 9.84 Å². The number of amides is 1. The maximum atomic E-state index is 12.1. The van der Waals surface area contributed by atoms with Crippen molar-refractivity contribution in [2.45, 2.75) is 26.3 Å². The molecule has 0 spiro atoms. The Balaban J connectivity index is 1.80. The van der Waals surface area contributed by atoms with Crippen LogP contribution in [0.4, 0.5) is 0 Å². The average Bonchev–Trinajstić information content (AvgIpc) is 3.05. The Kier molecular flexibility index (Phi) is 5.28. The number of hydrogen-bond acceptors (Lipinski definition) is 4. The fourth-order valence-electron chi connectivity index (χ4n) is 2.39. The van der Waals surface area contributed by atoms with Crippen LogP contribution in [-0.4, -0.2) is 22.1 Å². The van der Waals surface area contributed by atoms with Gasteiger partial charge in [-0.15, -0.1) is 0 Å². The molecule has 1 amide bonds. The number of rotatable bonds is 5. The smallest absolute Gasteiger partial charge is 0.251 e. The lowest BCUT2D eigenvalue weighted by Crippen LogP contribution is -2.30. The van der Waals surface area contributed by atoms with E-state index in [1.807, 2.05) is 50.2 Å². The third-order valence-electron chi connectivity index (χ3n) is 3.57. The highest BCUT2D eigenvalue weighted by Gasteiger charge is 2.13. The van der Waals surface area contributed by atoms with Gasteiger partial charge in [0.2, 0.25) is 11.7 Å². The number of carbonyl (C=O) groups is 1. The van der Waals surface area contributed by atoms with Gasteiger partial charge in [-0.1, -0.05) is 51.4 Å².